The highest BCUT2D eigenvalue weighted by Gasteiger charge is 2.25. The van der Waals surface area contributed by atoms with Crippen molar-refractivity contribution in [2.24, 2.45) is 0 Å². The van der Waals surface area contributed by atoms with Gasteiger partial charge in [0.05, 0.1) is 13.2 Å². The van der Waals surface area contributed by atoms with Crippen LogP contribution in [0.1, 0.15) is 23.6 Å². The summed E-state index contributed by atoms with van der Waals surface area (Å²) in [5, 5.41) is 12.5. The summed E-state index contributed by atoms with van der Waals surface area (Å²) in [7, 11) is 0. The molecule has 0 aromatic heterocycles. The van der Waals surface area contributed by atoms with Gasteiger partial charge in [-0.25, -0.2) is 0 Å². The summed E-state index contributed by atoms with van der Waals surface area (Å²) < 4.78 is 36.4. The van der Waals surface area contributed by atoms with Crippen molar-refractivity contribution in [3.05, 3.63) is 47.0 Å². The van der Waals surface area contributed by atoms with Crippen molar-refractivity contribution in [1.29, 1.82) is 0 Å². The fourth-order valence-electron chi connectivity index (χ4n) is 3.22. The molecule has 0 bridgehead atoms. The van der Waals surface area contributed by atoms with Crippen LogP contribution in [-0.4, -0.2) is 29.6 Å². The van der Waals surface area contributed by atoms with Crippen molar-refractivity contribution in [1.82, 2.24) is 5.32 Å². The fraction of sp³-hybridized carbons (Fsp3) is 0.350. The molecule has 1 heterocycles. The molecule has 0 radical (unpaired) electrons. The Labute approximate surface area is 166 Å². The van der Waals surface area contributed by atoms with Crippen molar-refractivity contribution in [2.45, 2.75) is 32.6 Å². The van der Waals surface area contributed by atoms with Crippen LogP contribution in [0.2, 0.25) is 0 Å². The molecule has 28 heavy (non-hydrogen) atoms. The Hall–Kier alpha value is -2.38. The van der Waals surface area contributed by atoms with Gasteiger partial charge < -0.3 is 19.9 Å². The summed E-state index contributed by atoms with van der Waals surface area (Å²) in [6.07, 6.45) is -2.62. The number of hydrogen-bond donors (Lipinski definition) is 2. The lowest BCUT2D eigenvalue weighted by Crippen LogP contribution is -2.24. The highest BCUT2D eigenvalue weighted by Crippen LogP contribution is 2.41. The normalized spacial score (nSPS) is 13.0. The molecular formula is C20H20ClF2NO4. The summed E-state index contributed by atoms with van der Waals surface area (Å²) >= 11 is 5.53. The Bertz CT molecular complexity index is 866. The first-order chi connectivity index (χ1) is 13.3. The van der Waals surface area contributed by atoms with E-state index >= 15 is 0 Å². The van der Waals surface area contributed by atoms with Gasteiger partial charge in [-0.3, -0.25) is 4.79 Å². The minimum absolute atomic E-state index is 0.0513. The average molecular weight is 412 g/mol. The number of benzene rings is 2. The minimum Gasteiger partial charge on any atom is -0.492 e. The van der Waals surface area contributed by atoms with E-state index in [2.05, 4.69) is 10.1 Å². The maximum absolute atomic E-state index is 13.0. The van der Waals surface area contributed by atoms with Gasteiger partial charge in [-0.15, -0.1) is 11.6 Å². The van der Waals surface area contributed by atoms with Gasteiger partial charge in [-0.2, -0.15) is 8.78 Å². The molecular weight excluding hydrogens is 392 g/mol. The lowest BCUT2D eigenvalue weighted by atomic mass is 9.92. The number of rotatable bonds is 7. The average Bonchev–Trinajstić information content (AvgIpc) is 3.14. The summed E-state index contributed by atoms with van der Waals surface area (Å²) in [5.41, 5.74) is 3.86. The van der Waals surface area contributed by atoms with Crippen LogP contribution in [-0.2, 0) is 24.4 Å². The van der Waals surface area contributed by atoms with E-state index in [1.165, 1.54) is 12.1 Å². The van der Waals surface area contributed by atoms with Crippen molar-refractivity contribution in [2.75, 3.05) is 12.5 Å². The zero-order chi connectivity index (χ0) is 20.3. The first kappa shape index (κ1) is 20.4. The molecule has 5 nitrogen and oxygen atoms in total. The number of aliphatic hydroxyl groups excluding tert-OH is 1. The minimum atomic E-state index is -3.26. The van der Waals surface area contributed by atoms with E-state index < -0.39 is 6.11 Å². The number of carbonyl (C=O) groups excluding carboxylic acids is 1. The van der Waals surface area contributed by atoms with Gasteiger partial charge in [0.2, 0.25) is 5.91 Å². The molecule has 8 heteroatoms. The monoisotopic (exact) mass is 411 g/mol. The third-order valence-electron chi connectivity index (χ3n) is 4.41. The van der Waals surface area contributed by atoms with Gasteiger partial charge in [-0.1, -0.05) is 12.1 Å². The van der Waals surface area contributed by atoms with E-state index in [-0.39, 0.29) is 30.7 Å². The Morgan fingerprint density at radius 3 is 2.68 bits per heavy atom. The second-order valence-electron chi connectivity index (χ2n) is 6.47. The van der Waals surface area contributed by atoms with Crippen molar-refractivity contribution >= 4 is 17.5 Å². The molecule has 0 spiro atoms. The van der Waals surface area contributed by atoms with E-state index in [1.807, 2.05) is 6.07 Å². The number of fused-ring (bicyclic) bond motifs is 1. The van der Waals surface area contributed by atoms with E-state index in [4.69, 9.17) is 16.3 Å². The number of amides is 1. The van der Waals surface area contributed by atoms with Crippen LogP contribution in [0.25, 0.3) is 11.1 Å². The molecule has 0 atom stereocenters. The summed E-state index contributed by atoms with van der Waals surface area (Å²) in [5.74, 6) is 0.242. The van der Waals surface area contributed by atoms with Crippen LogP contribution >= 0.6 is 11.6 Å². The highest BCUT2D eigenvalue weighted by atomic mass is 35.5. The molecule has 2 aromatic carbocycles. The maximum Gasteiger partial charge on any atom is 0.394 e. The van der Waals surface area contributed by atoms with Crippen molar-refractivity contribution in [3.8, 4) is 22.6 Å². The Kier molecular flexibility index (Phi) is 6.05. The second-order valence-corrected chi connectivity index (χ2v) is 6.74. The van der Waals surface area contributed by atoms with Crippen LogP contribution in [0, 0.1) is 0 Å². The lowest BCUT2D eigenvalue weighted by molar-refractivity contribution is -0.158. The Balaban J connectivity index is 1.98. The number of alkyl halides is 3. The zero-order valence-corrected chi connectivity index (χ0v) is 16.0. The van der Waals surface area contributed by atoms with Crippen LogP contribution < -0.4 is 14.8 Å². The predicted molar refractivity (Wildman–Crippen MR) is 101 cm³/mol. The number of carbonyl (C=O) groups is 1. The third-order valence-corrected chi connectivity index (χ3v) is 4.65. The van der Waals surface area contributed by atoms with Gasteiger partial charge in [0.15, 0.2) is 0 Å². The molecule has 3 rings (SSSR count). The van der Waals surface area contributed by atoms with Crippen LogP contribution in [0.3, 0.4) is 0 Å². The molecule has 2 aromatic rings. The summed E-state index contributed by atoms with van der Waals surface area (Å²) in [4.78, 5) is 11.5. The number of aliphatic hydroxyl groups is 1. The SMILES string of the molecule is CC(F)(F)Oc1ccc(-c2cc(CNC(=O)CCl)c(CO)c3c2OCC3)cc1. The van der Waals surface area contributed by atoms with Crippen molar-refractivity contribution in [3.63, 3.8) is 0 Å². The van der Waals surface area contributed by atoms with Crippen molar-refractivity contribution < 1.29 is 28.2 Å². The number of hydrogen-bond acceptors (Lipinski definition) is 4. The molecule has 0 saturated heterocycles. The number of halogens is 3. The third kappa shape index (κ3) is 4.54. The lowest BCUT2D eigenvalue weighted by Gasteiger charge is -2.17. The van der Waals surface area contributed by atoms with Gasteiger partial charge in [-0.05, 0) is 34.9 Å². The van der Waals surface area contributed by atoms with Crippen LogP contribution in [0.4, 0.5) is 8.78 Å². The quantitative estimate of drug-likeness (QED) is 0.683. The summed E-state index contributed by atoms with van der Waals surface area (Å²) in [6.45, 7) is 1.19. The zero-order valence-electron chi connectivity index (χ0n) is 15.2. The van der Waals surface area contributed by atoms with E-state index in [9.17, 15) is 18.7 Å². The highest BCUT2D eigenvalue weighted by molar-refractivity contribution is 6.27. The van der Waals surface area contributed by atoms with Gasteiger partial charge in [0.1, 0.15) is 17.4 Å². The van der Waals surface area contributed by atoms with Gasteiger partial charge >= 0.3 is 6.11 Å². The van der Waals surface area contributed by atoms with Crippen LogP contribution in [0.15, 0.2) is 30.3 Å². The molecule has 150 valence electrons. The Morgan fingerprint density at radius 1 is 1.36 bits per heavy atom. The Morgan fingerprint density at radius 2 is 2.07 bits per heavy atom. The second kappa shape index (κ2) is 8.32. The molecule has 0 fully saturated rings. The largest absolute Gasteiger partial charge is 0.492 e. The van der Waals surface area contributed by atoms with E-state index in [0.717, 1.165) is 27.8 Å². The smallest absolute Gasteiger partial charge is 0.394 e. The predicted octanol–water partition coefficient (Wildman–Crippen LogP) is 3.63. The van der Waals surface area contributed by atoms with Gasteiger partial charge in [0.25, 0.3) is 0 Å². The molecule has 1 aliphatic heterocycles. The first-order valence-corrected chi connectivity index (χ1v) is 9.27. The van der Waals surface area contributed by atoms with Crippen LogP contribution in [0.5, 0.6) is 11.5 Å². The summed E-state index contributed by atoms with van der Waals surface area (Å²) in [6, 6.07) is 8.08. The molecule has 0 unspecified atom stereocenters. The first-order valence-electron chi connectivity index (χ1n) is 8.73. The molecule has 2 N–H and O–H groups in total. The van der Waals surface area contributed by atoms with Gasteiger partial charge in [0, 0.05) is 31.0 Å². The fourth-order valence-corrected chi connectivity index (χ4v) is 3.32. The number of ether oxygens (including phenoxy) is 2. The molecule has 0 aliphatic carbocycles. The van der Waals surface area contributed by atoms with E-state index in [1.54, 1.807) is 12.1 Å². The molecule has 0 saturated carbocycles. The topological polar surface area (TPSA) is 67.8 Å². The standard InChI is InChI=1S/C20H20ClF2NO4/c1-20(22,23)28-14-4-2-12(3-5-14)16-8-13(10-24-18(26)9-21)17(11-25)15-6-7-27-19(15)16/h2-5,8,25H,6-7,9-11H2,1H3,(H,24,26). The van der Waals surface area contributed by atoms with E-state index in [0.29, 0.717) is 25.7 Å². The molecule has 1 amide bonds. The molecule has 1 aliphatic rings. The number of nitrogens with one attached hydrogen (secondary N) is 1. The maximum atomic E-state index is 13.0.